The van der Waals surface area contributed by atoms with Gasteiger partial charge in [0.2, 0.25) is 0 Å². The van der Waals surface area contributed by atoms with E-state index in [0.717, 1.165) is 33.9 Å². The molecule has 9 heteroatoms. The van der Waals surface area contributed by atoms with Crippen LogP contribution in [0.4, 0.5) is 8.78 Å². The molecule has 4 aromatic rings. The van der Waals surface area contributed by atoms with Gasteiger partial charge in [-0.05, 0) is 74.9 Å². The van der Waals surface area contributed by atoms with Crippen LogP contribution in [-0.2, 0) is 6.61 Å². The van der Waals surface area contributed by atoms with Gasteiger partial charge in [0.05, 0.1) is 41.9 Å². The topological polar surface area (TPSA) is 72.9 Å². The van der Waals surface area contributed by atoms with E-state index >= 15 is 0 Å². The maximum atomic E-state index is 13.5. The number of rotatable bonds is 6. The summed E-state index contributed by atoms with van der Waals surface area (Å²) in [7, 11) is 2.25. The van der Waals surface area contributed by atoms with Crippen molar-refractivity contribution in [3.63, 3.8) is 0 Å². The van der Waals surface area contributed by atoms with Crippen LogP contribution in [0.25, 0.3) is 11.4 Å². The highest BCUT2D eigenvalue weighted by atomic mass is 31.0. The minimum Gasteiger partial charge on any atom is -0.392 e. The van der Waals surface area contributed by atoms with E-state index in [4.69, 9.17) is 6.48 Å². The zero-order valence-corrected chi connectivity index (χ0v) is 22.7. The summed E-state index contributed by atoms with van der Waals surface area (Å²) in [5.41, 5.74) is 5.88. The number of hydrogen-bond acceptors (Lipinski definition) is 4. The second kappa shape index (κ2) is 13.2. The van der Waals surface area contributed by atoms with Crippen molar-refractivity contribution in [3.05, 3.63) is 94.6 Å². The second-order valence-electron chi connectivity index (χ2n) is 9.63. The lowest BCUT2D eigenvalue weighted by molar-refractivity contribution is 0.111. The van der Waals surface area contributed by atoms with Gasteiger partial charge in [0.15, 0.2) is 6.29 Å². The number of carbonyl (C=O) groups is 1. The van der Waals surface area contributed by atoms with Gasteiger partial charge in [-0.25, -0.2) is 18.7 Å². The molecule has 208 valence electrons. The highest BCUT2D eigenvalue weighted by Gasteiger charge is 2.26. The Balaban J connectivity index is 0.000000197. The molecule has 1 atom stereocenters. The number of imidazole rings is 2. The number of carbonyl (C=O) groups excluding carboxylic acids is 1. The summed E-state index contributed by atoms with van der Waals surface area (Å²) in [5, 5.41) is 9.12. The van der Waals surface area contributed by atoms with Gasteiger partial charge >= 0.3 is 0 Å². The van der Waals surface area contributed by atoms with Crippen LogP contribution in [0, 0.1) is 25.5 Å². The van der Waals surface area contributed by atoms with Gasteiger partial charge in [-0.1, -0.05) is 14.1 Å². The fourth-order valence-electron chi connectivity index (χ4n) is 4.27. The third-order valence-electron chi connectivity index (χ3n) is 6.73. The van der Waals surface area contributed by atoms with Crippen molar-refractivity contribution in [2.45, 2.75) is 65.4 Å². The lowest BCUT2D eigenvalue weighted by Gasteiger charge is -2.09. The maximum Gasteiger partial charge on any atom is 0.153 e. The Morgan fingerprint density at radius 1 is 0.949 bits per heavy atom. The van der Waals surface area contributed by atoms with Gasteiger partial charge in [0.1, 0.15) is 11.6 Å². The van der Waals surface area contributed by atoms with E-state index in [0.29, 0.717) is 30.3 Å². The average molecular weight is 556 g/mol. The SMILES string of the molecule is C.Cc1cc(F)c(C=O)cc1-n1cnc(C2CC2)c1.Cc1cc(F)c(CO)cc1-n1cnc(C2CC2)c1.[2H]CP. The second-order valence-corrected chi connectivity index (χ2v) is 9.63. The summed E-state index contributed by atoms with van der Waals surface area (Å²) >= 11 is 0. The van der Waals surface area contributed by atoms with Crippen molar-refractivity contribution >= 4 is 15.5 Å². The van der Waals surface area contributed by atoms with Crippen LogP contribution in [0.3, 0.4) is 0 Å². The number of halogens is 2. The van der Waals surface area contributed by atoms with Crippen molar-refractivity contribution in [2.24, 2.45) is 0 Å². The number of aliphatic hydroxyl groups excluding tert-OH is 1. The van der Waals surface area contributed by atoms with Gasteiger partial charge in [-0.2, -0.15) is 0 Å². The van der Waals surface area contributed by atoms with Crippen molar-refractivity contribution in [1.29, 1.82) is 0 Å². The number of aromatic nitrogens is 4. The molecule has 6 rings (SSSR count). The van der Waals surface area contributed by atoms with Crippen LogP contribution >= 0.6 is 9.24 Å². The predicted octanol–water partition coefficient (Wildman–Crippen LogP) is 6.83. The van der Waals surface area contributed by atoms with E-state index in [-0.39, 0.29) is 25.4 Å². The number of aryl methyl sites for hydroxylation is 2. The average Bonchev–Trinajstić information content (AvgIpc) is 3.85. The molecule has 1 unspecified atom stereocenters. The molecule has 0 aliphatic heterocycles. The highest BCUT2D eigenvalue weighted by molar-refractivity contribution is 7.15. The number of aliphatic hydroxyl groups is 1. The van der Waals surface area contributed by atoms with E-state index < -0.39 is 5.82 Å². The Labute approximate surface area is 232 Å². The van der Waals surface area contributed by atoms with Gasteiger partial charge in [-0.15, -0.1) is 9.24 Å². The van der Waals surface area contributed by atoms with E-state index in [9.17, 15) is 13.6 Å². The van der Waals surface area contributed by atoms with Crippen molar-refractivity contribution < 1.29 is 20.1 Å². The Morgan fingerprint density at radius 2 is 1.41 bits per heavy atom. The summed E-state index contributed by atoms with van der Waals surface area (Å²) < 4.78 is 36.9. The van der Waals surface area contributed by atoms with Gasteiger partial charge < -0.3 is 14.2 Å². The number of hydrogen-bond donors (Lipinski definition) is 1. The van der Waals surface area contributed by atoms with E-state index in [2.05, 4.69) is 19.2 Å². The first-order chi connectivity index (χ1) is 18.8. The first kappa shape index (κ1) is 28.8. The number of nitrogens with zero attached hydrogens (tertiary/aromatic N) is 4. The van der Waals surface area contributed by atoms with Crippen molar-refractivity contribution in [1.82, 2.24) is 19.1 Å². The summed E-state index contributed by atoms with van der Waals surface area (Å²) in [4.78, 5) is 19.5. The lowest BCUT2D eigenvalue weighted by atomic mass is 10.1. The van der Waals surface area contributed by atoms with Crippen molar-refractivity contribution in [2.75, 3.05) is 6.64 Å². The largest absolute Gasteiger partial charge is 0.392 e. The van der Waals surface area contributed by atoms with Crippen LogP contribution < -0.4 is 0 Å². The normalized spacial score (nSPS) is 14.3. The molecule has 2 saturated carbocycles. The van der Waals surface area contributed by atoms with Crippen LogP contribution in [0.1, 0.15) is 84.8 Å². The molecule has 0 amide bonds. The molecule has 2 heterocycles. The van der Waals surface area contributed by atoms with Crippen LogP contribution in [0.5, 0.6) is 0 Å². The lowest BCUT2D eigenvalue weighted by Crippen LogP contribution is -1.99. The molecule has 0 saturated heterocycles. The molecule has 0 bridgehead atoms. The van der Waals surface area contributed by atoms with Crippen LogP contribution in [-0.4, -0.2) is 37.1 Å². The van der Waals surface area contributed by atoms with E-state index in [1.165, 1.54) is 37.8 Å². The van der Waals surface area contributed by atoms with E-state index in [1.54, 1.807) is 24.8 Å². The molecule has 2 aliphatic rings. The maximum absolute atomic E-state index is 13.5. The molecular weight excluding hydrogens is 517 g/mol. The minimum atomic E-state index is -0.478. The first-order valence-electron chi connectivity index (χ1n) is 13.2. The minimum absolute atomic E-state index is 0. The van der Waals surface area contributed by atoms with Crippen molar-refractivity contribution in [3.8, 4) is 11.4 Å². The standard InChI is InChI=1S/C14H15FN2O.C14H13FN2O.CH5P.CH4/c2*1-9-4-12(15)11(7-18)5-14(9)17-6-13(16-8-17)10-2-3-10;1-2;/h4-6,8,10,18H,2-3,7H2,1H3;4-8,10H,2-3H2,1H3;2H2,1H3;1H4/i;;1D;. The molecule has 0 radical (unpaired) electrons. The summed E-state index contributed by atoms with van der Waals surface area (Å²) in [6, 6.07) is 6.09. The quantitative estimate of drug-likeness (QED) is 0.209. The molecule has 2 aromatic heterocycles. The fraction of sp³-hybridized carbons (Fsp3) is 0.367. The Morgan fingerprint density at radius 3 is 1.85 bits per heavy atom. The van der Waals surface area contributed by atoms with Gasteiger partial charge in [-0.3, -0.25) is 4.79 Å². The molecule has 2 aliphatic carbocycles. The monoisotopic (exact) mass is 555 g/mol. The predicted molar refractivity (Wildman–Crippen MR) is 154 cm³/mol. The molecule has 2 fully saturated rings. The summed E-state index contributed by atoms with van der Waals surface area (Å²) in [6.45, 7) is 3.81. The molecule has 6 nitrogen and oxygen atoms in total. The zero-order chi connectivity index (χ0) is 28.1. The Hall–Kier alpha value is -3.22. The molecule has 2 aromatic carbocycles. The molecule has 39 heavy (non-hydrogen) atoms. The highest BCUT2D eigenvalue weighted by Crippen LogP contribution is 2.40. The Kier molecular flexibility index (Phi) is 9.76. The van der Waals surface area contributed by atoms with Crippen LogP contribution in [0.15, 0.2) is 49.3 Å². The van der Waals surface area contributed by atoms with Gasteiger partial charge in [0.25, 0.3) is 0 Å². The summed E-state index contributed by atoms with van der Waals surface area (Å²) in [6.07, 6.45) is 12.8. The molecular formula is C30H37F2N4O2P. The Bertz CT molecular complexity index is 1450. The van der Waals surface area contributed by atoms with Crippen LogP contribution in [0.2, 0.25) is 0 Å². The third kappa shape index (κ3) is 7.06. The van der Waals surface area contributed by atoms with E-state index in [1.807, 2.05) is 35.4 Å². The molecule has 0 spiro atoms. The smallest absolute Gasteiger partial charge is 0.153 e. The molecule has 1 N–H and O–H groups in total. The number of aldehydes is 1. The van der Waals surface area contributed by atoms with Gasteiger partial charge in [0, 0.05) is 36.9 Å². The third-order valence-corrected chi connectivity index (χ3v) is 6.73. The summed E-state index contributed by atoms with van der Waals surface area (Å²) in [5.74, 6) is 0.344. The first-order valence-corrected chi connectivity index (χ1v) is 13.3. The number of benzene rings is 2. The zero-order valence-electron chi connectivity index (χ0n) is 22.6. The fourth-order valence-corrected chi connectivity index (χ4v) is 4.27.